The minimum absolute atomic E-state index is 0.186. The van der Waals surface area contributed by atoms with E-state index in [-0.39, 0.29) is 23.8 Å². The number of esters is 2. The van der Waals surface area contributed by atoms with Crippen molar-refractivity contribution in [2.45, 2.75) is 118 Å². The quantitative estimate of drug-likeness (QED) is 0.350. The number of carbonyl (C=O) groups excluding carboxylic acids is 3. The minimum atomic E-state index is -0.766. The second-order valence-corrected chi connectivity index (χ2v) is 11.0. The van der Waals surface area contributed by atoms with Crippen LogP contribution in [0.5, 0.6) is 0 Å². The summed E-state index contributed by atoms with van der Waals surface area (Å²) in [5, 5.41) is 5.67. The van der Waals surface area contributed by atoms with Crippen LogP contribution in [0.1, 0.15) is 94.4 Å². The van der Waals surface area contributed by atoms with Gasteiger partial charge in [-0.2, -0.15) is 0 Å². The molecule has 4 N–H and O–H groups in total. The molecule has 0 aromatic heterocycles. The molecular formula is C23H45N3O5. The fraction of sp³-hybridized carbons (Fsp3) is 0.870. The van der Waals surface area contributed by atoms with Gasteiger partial charge in [-0.05, 0) is 79.2 Å². The van der Waals surface area contributed by atoms with Crippen molar-refractivity contribution in [3.63, 3.8) is 0 Å². The third kappa shape index (κ3) is 14.7. The molecular weight excluding hydrogens is 398 g/mol. The number of ether oxygens (including phenoxy) is 2. The Hall–Kier alpha value is -1.83. The van der Waals surface area contributed by atoms with Crippen LogP contribution in [0, 0.1) is 5.41 Å². The molecule has 0 aliphatic heterocycles. The lowest BCUT2D eigenvalue weighted by atomic mass is 9.84. The molecule has 31 heavy (non-hydrogen) atoms. The van der Waals surface area contributed by atoms with Gasteiger partial charge in [0.1, 0.15) is 17.2 Å². The van der Waals surface area contributed by atoms with Crippen molar-refractivity contribution in [2.24, 2.45) is 11.1 Å². The lowest BCUT2D eigenvalue weighted by Crippen LogP contribution is -2.53. The van der Waals surface area contributed by atoms with E-state index in [9.17, 15) is 14.4 Å². The van der Waals surface area contributed by atoms with Gasteiger partial charge in [0, 0.05) is 12.5 Å². The number of nitrogens with one attached hydrogen (secondary N) is 2. The van der Waals surface area contributed by atoms with Gasteiger partial charge < -0.3 is 25.8 Å². The molecule has 8 heteroatoms. The largest absolute Gasteiger partial charge is 0.460 e. The first-order valence-electron chi connectivity index (χ1n) is 11.2. The number of rotatable bonds is 10. The van der Waals surface area contributed by atoms with Crippen LogP contribution in [-0.2, 0) is 19.1 Å². The fourth-order valence-electron chi connectivity index (χ4n) is 2.85. The average molecular weight is 444 g/mol. The molecule has 0 aromatic carbocycles. The van der Waals surface area contributed by atoms with Crippen molar-refractivity contribution >= 4 is 18.0 Å². The van der Waals surface area contributed by atoms with Crippen LogP contribution in [0.15, 0.2) is 0 Å². The summed E-state index contributed by atoms with van der Waals surface area (Å²) in [7, 11) is 0. The molecule has 0 saturated heterocycles. The monoisotopic (exact) mass is 443 g/mol. The van der Waals surface area contributed by atoms with E-state index in [2.05, 4.69) is 10.6 Å². The maximum absolute atomic E-state index is 12.7. The Morgan fingerprint density at radius 3 is 1.81 bits per heavy atom. The highest BCUT2D eigenvalue weighted by Gasteiger charge is 2.30. The van der Waals surface area contributed by atoms with Crippen molar-refractivity contribution in [3.05, 3.63) is 0 Å². The standard InChI is InChI=1S/C23H45N3O5/c1-21(2,3)17(13-14-18(27)30-22(4,5)6)26-20(29)25-16(12-10-11-15-24)19(28)31-23(7,8)9/h16-17H,10-15,24H2,1-9H3,(H2,25,26,29). The summed E-state index contributed by atoms with van der Waals surface area (Å²) in [5.74, 6) is -0.780. The number of hydrogen-bond donors (Lipinski definition) is 3. The Labute approximate surface area is 188 Å². The third-order valence-electron chi connectivity index (χ3n) is 4.35. The van der Waals surface area contributed by atoms with E-state index in [1.54, 1.807) is 20.8 Å². The molecule has 0 aliphatic carbocycles. The fourth-order valence-corrected chi connectivity index (χ4v) is 2.85. The molecule has 2 atom stereocenters. The number of nitrogens with two attached hydrogens (primary N) is 1. The highest BCUT2D eigenvalue weighted by Crippen LogP contribution is 2.24. The summed E-state index contributed by atoms with van der Waals surface area (Å²) in [5.41, 5.74) is 4.06. The summed E-state index contributed by atoms with van der Waals surface area (Å²) in [6.45, 7) is 17.3. The first-order valence-corrected chi connectivity index (χ1v) is 11.2. The Morgan fingerprint density at radius 2 is 1.35 bits per heavy atom. The molecule has 8 nitrogen and oxygen atoms in total. The van der Waals surface area contributed by atoms with Gasteiger partial charge in [0.15, 0.2) is 0 Å². The van der Waals surface area contributed by atoms with E-state index in [1.165, 1.54) is 0 Å². The molecule has 0 radical (unpaired) electrons. The lowest BCUT2D eigenvalue weighted by Gasteiger charge is -2.32. The molecule has 2 unspecified atom stereocenters. The van der Waals surface area contributed by atoms with Crippen LogP contribution >= 0.6 is 0 Å². The molecule has 0 aromatic rings. The first-order chi connectivity index (χ1) is 13.9. The molecule has 0 fully saturated rings. The second-order valence-electron chi connectivity index (χ2n) is 11.0. The second kappa shape index (κ2) is 12.3. The Bertz CT molecular complexity index is 585. The normalized spacial score (nSPS) is 14.4. The van der Waals surface area contributed by atoms with E-state index in [0.717, 1.165) is 6.42 Å². The first kappa shape index (κ1) is 29.2. The maximum Gasteiger partial charge on any atom is 0.329 e. The topological polar surface area (TPSA) is 120 Å². The van der Waals surface area contributed by atoms with Gasteiger partial charge in [0.25, 0.3) is 0 Å². The summed E-state index contributed by atoms with van der Waals surface area (Å²) in [4.78, 5) is 37.4. The summed E-state index contributed by atoms with van der Waals surface area (Å²) in [6, 6.07) is -1.52. The van der Waals surface area contributed by atoms with Gasteiger partial charge in [0.05, 0.1) is 0 Å². The Kier molecular flexibility index (Phi) is 11.5. The van der Waals surface area contributed by atoms with Crippen molar-refractivity contribution in [1.29, 1.82) is 0 Å². The van der Waals surface area contributed by atoms with E-state index >= 15 is 0 Å². The molecule has 0 rings (SSSR count). The average Bonchev–Trinajstić information content (AvgIpc) is 2.53. The zero-order valence-corrected chi connectivity index (χ0v) is 21.0. The lowest BCUT2D eigenvalue weighted by molar-refractivity contribution is -0.157. The van der Waals surface area contributed by atoms with E-state index in [4.69, 9.17) is 15.2 Å². The smallest absolute Gasteiger partial charge is 0.329 e. The molecule has 0 heterocycles. The number of unbranched alkanes of at least 4 members (excludes halogenated alkanes) is 1. The summed E-state index contributed by atoms with van der Waals surface area (Å²) < 4.78 is 10.8. The molecule has 2 amide bonds. The van der Waals surface area contributed by atoms with Gasteiger partial charge in [-0.15, -0.1) is 0 Å². The van der Waals surface area contributed by atoms with Crippen LogP contribution in [0.4, 0.5) is 4.79 Å². The zero-order valence-electron chi connectivity index (χ0n) is 21.0. The molecule has 0 spiro atoms. The Morgan fingerprint density at radius 1 is 0.806 bits per heavy atom. The minimum Gasteiger partial charge on any atom is -0.460 e. The highest BCUT2D eigenvalue weighted by molar-refractivity contribution is 5.84. The number of urea groups is 1. The van der Waals surface area contributed by atoms with Gasteiger partial charge >= 0.3 is 18.0 Å². The van der Waals surface area contributed by atoms with Crippen molar-refractivity contribution in [2.75, 3.05) is 6.54 Å². The predicted molar refractivity (Wildman–Crippen MR) is 123 cm³/mol. The van der Waals surface area contributed by atoms with Gasteiger partial charge in [0.2, 0.25) is 0 Å². The highest BCUT2D eigenvalue weighted by atomic mass is 16.6. The van der Waals surface area contributed by atoms with Gasteiger partial charge in [-0.25, -0.2) is 9.59 Å². The van der Waals surface area contributed by atoms with Crippen LogP contribution in [-0.4, -0.2) is 47.8 Å². The van der Waals surface area contributed by atoms with Crippen molar-refractivity contribution < 1.29 is 23.9 Å². The molecule has 0 bridgehead atoms. The number of carbonyl (C=O) groups is 3. The van der Waals surface area contributed by atoms with Crippen LogP contribution in [0.25, 0.3) is 0 Å². The molecule has 182 valence electrons. The Balaban J connectivity index is 5.09. The van der Waals surface area contributed by atoms with Crippen LogP contribution < -0.4 is 16.4 Å². The zero-order chi connectivity index (χ0) is 24.5. The summed E-state index contributed by atoms with van der Waals surface area (Å²) >= 11 is 0. The molecule has 0 aliphatic rings. The van der Waals surface area contributed by atoms with E-state index in [0.29, 0.717) is 25.8 Å². The number of amides is 2. The van der Waals surface area contributed by atoms with E-state index in [1.807, 2.05) is 41.5 Å². The maximum atomic E-state index is 12.7. The SMILES string of the molecule is CC(C)(C)OC(=O)CCC(NC(=O)NC(CCCCN)C(=O)OC(C)(C)C)C(C)(C)C. The summed E-state index contributed by atoms with van der Waals surface area (Å²) in [6.07, 6.45) is 2.50. The predicted octanol–water partition coefficient (Wildman–Crippen LogP) is 3.66. The van der Waals surface area contributed by atoms with Gasteiger partial charge in [-0.3, -0.25) is 4.79 Å². The van der Waals surface area contributed by atoms with E-state index < -0.39 is 29.2 Å². The van der Waals surface area contributed by atoms with Crippen molar-refractivity contribution in [1.82, 2.24) is 10.6 Å². The van der Waals surface area contributed by atoms with Crippen molar-refractivity contribution in [3.8, 4) is 0 Å². The molecule has 0 saturated carbocycles. The van der Waals surface area contributed by atoms with Gasteiger partial charge in [-0.1, -0.05) is 20.8 Å². The number of hydrogen-bond acceptors (Lipinski definition) is 6. The van der Waals surface area contributed by atoms with Crippen LogP contribution in [0.2, 0.25) is 0 Å². The van der Waals surface area contributed by atoms with Crippen LogP contribution in [0.3, 0.4) is 0 Å². The third-order valence-corrected chi connectivity index (χ3v) is 4.35.